The number of Topliss-reactive ketones (excluding diaryl/α,β-unsaturated/α-hetero) is 1. The van der Waals surface area contributed by atoms with Crippen LogP contribution in [0.2, 0.25) is 0 Å². The third kappa shape index (κ3) is 6.00. The number of nitrogens with one attached hydrogen (secondary N) is 1. The third-order valence-electron chi connectivity index (χ3n) is 14.0. The van der Waals surface area contributed by atoms with E-state index in [2.05, 4.69) is 39.1 Å². The van der Waals surface area contributed by atoms with Gasteiger partial charge in [0.05, 0.1) is 18.4 Å². The molecule has 0 radical (unpaired) electrons. The van der Waals surface area contributed by atoms with Crippen molar-refractivity contribution in [2.24, 2.45) is 50.7 Å². The zero-order chi connectivity index (χ0) is 34.6. The molecule has 7 atom stereocenters. The van der Waals surface area contributed by atoms with Gasteiger partial charge in [-0.25, -0.2) is 8.78 Å². The van der Waals surface area contributed by atoms with E-state index in [1.165, 1.54) is 11.6 Å². The molecule has 1 amide bonds. The summed E-state index contributed by atoms with van der Waals surface area (Å²) in [6, 6.07) is 3.57. The second-order valence-electron chi connectivity index (χ2n) is 17.3. The Morgan fingerprint density at radius 2 is 1.72 bits per heavy atom. The highest BCUT2D eigenvalue weighted by atomic mass is 19.2. The Morgan fingerprint density at radius 3 is 2.38 bits per heavy atom. The fourth-order valence-electron chi connectivity index (χ4n) is 10.5. The van der Waals surface area contributed by atoms with Crippen LogP contribution in [0.5, 0.6) is 0 Å². The van der Waals surface area contributed by atoms with Crippen LogP contribution in [0.25, 0.3) is 0 Å². The minimum Gasteiger partial charge on any atom is -0.469 e. The van der Waals surface area contributed by atoms with Gasteiger partial charge >= 0.3 is 5.97 Å². The lowest BCUT2D eigenvalue weighted by Crippen LogP contribution is -2.59. The molecule has 3 fully saturated rings. The molecular formula is C40H57F2NO4. The molecule has 0 aliphatic heterocycles. The van der Waals surface area contributed by atoms with Crippen LogP contribution in [0, 0.1) is 62.4 Å². The molecule has 0 bridgehead atoms. The smallest absolute Gasteiger partial charge is 0.312 e. The van der Waals surface area contributed by atoms with Crippen molar-refractivity contribution in [1.82, 2.24) is 5.32 Å². The highest BCUT2D eigenvalue weighted by Gasteiger charge is 2.65. The normalized spacial score (nSPS) is 33.7. The maximum absolute atomic E-state index is 14.3. The fraction of sp³-hybridized carbons (Fsp3) is 0.725. The maximum Gasteiger partial charge on any atom is 0.312 e. The van der Waals surface area contributed by atoms with Crippen molar-refractivity contribution in [3.05, 3.63) is 47.0 Å². The van der Waals surface area contributed by atoms with Gasteiger partial charge in [0.25, 0.3) is 0 Å². The predicted octanol–water partition coefficient (Wildman–Crippen LogP) is 9.13. The average molecular weight is 654 g/mol. The molecule has 47 heavy (non-hydrogen) atoms. The number of hydrogen-bond donors (Lipinski definition) is 1. The van der Waals surface area contributed by atoms with Crippen molar-refractivity contribution in [2.45, 2.75) is 126 Å². The lowest BCUT2D eigenvalue weighted by atomic mass is 9.38. The molecule has 5 nitrogen and oxygen atoms in total. The fourth-order valence-corrected chi connectivity index (χ4v) is 10.5. The first-order valence-corrected chi connectivity index (χ1v) is 18.0. The van der Waals surface area contributed by atoms with E-state index >= 15 is 0 Å². The molecule has 7 heteroatoms. The summed E-state index contributed by atoms with van der Waals surface area (Å²) in [6.45, 7) is 15.7. The van der Waals surface area contributed by atoms with Gasteiger partial charge in [0, 0.05) is 12.0 Å². The molecule has 4 aliphatic carbocycles. The van der Waals surface area contributed by atoms with Crippen LogP contribution < -0.4 is 5.32 Å². The van der Waals surface area contributed by atoms with Gasteiger partial charge in [0.2, 0.25) is 5.91 Å². The highest BCUT2D eigenvalue weighted by Crippen LogP contribution is 2.71. The van der Waals surface area contributed by atoms with E-state index in [0.29, 0.717) is 24.3 Å². The quantitative estimate of drug-likeness (QED) is 0.164. The number of benzene rings is 1. The number of carbonyl (C=O) groups is 3. The van der Waals surface area contributed by atoms with Gasteiger partial charge in [-0.2, -0.15) is 0 Å². The van der Waals surface area contributed by atoms with Crippen molar-refractivity contribution in [1.29, 1.82) is 0 Å². The number of ketones is 1. The molecule has 4 aliphatic rings. The van der Waals surface area contributed by atoms with Crippen LogP contribution in [0.1, 0.15) is 125 Å². The molecule has 0 heterocycles. The molecule has 0 spiro atoms. The second-order valence-corrected chi connectivity index (χ2v) is 17.3. The van der Waals surface area contributed by atoms with Crippen LogP contribution >= 0.6 is 0 Å². The Morgan fingerprint density at radius 1 is 1.02 bits per heavy atom. The molecule has 1 N–H and O–H groups in total. The molecule has 260 valence electrons. The zero-order valence-electron chi connectivity index (χ0n) is 30.0. The number of hydrogen-bond acceptors (Lipinski definition) is 4. The molecule has 0 aromatic heterocycles. The minimum atomic E-state index is -0.958. The van der Waals surface area contributed by atoms with Gasteiger partial charge in [-0.3, -0.25) is 14.4 Å². The maximum atomic E-state index is 14.3. The summed E-state index contributed by atoms with van der Waals surface area (Å²) < 4.78 is 32.6. The van der Waals surface area contributed by atoms with E-state index in [0.717, 1.165) is 69.9 Å². The monoisotopic (exact) mass is 653 g/mol. The molecule has 3 saturated carbocycles. The van der Waals surface area contributed by atoms with E-state index in [-0.39, 0.29) is 52.3 Å². The van der Waals surface area contributed by atoms with E-state index in [9.17, 15) is 23.2 Å². The Balaban J connectivity index is 1.35. The number of halogens is 2. The first-order valence-electron chi connectivity index (χ1n) is 18.0. The summed E-state index contributed by atoms with van der Waals surface area (Å²) in [5, 5.41) is 2.83. The topological polar surface area (TPSA) is 72.5 Å². The summed E-state index contributed by atoms with van der Waals surface area (Å²) in [7, 11) is 1.54. The molecule has 0 saturated heterocycles. The SMILES string of the molecule is CCCC(C(=O)NCc1ccc(F)c(F)c1)C(=O)C(C)(C)C1CC[C@]2(C)C(CC=C3C4CC(C)(C)CC[C@]4(C(=O)OC)CC[C@]32C)C1. The number of fused-ring (bicyclic) bond motifs is 5. The van der Waals surface area contributed by atoms with E-state index in [4.69, 9.17) is 4.74 Å². The first-order chi connectivity index (χ1) is 22.0. The molecule has 1 aromatic carbocycles. The van der Waals surface area contributed by atoms with Gasteiger partial charge in [0.1, 0.15) is 0 Å². The Bertz CT molecular complexity index is 1430. The van der Waals surface area contributed by atoms with Gasteiger partial charge in [0.15, 0.2) is 17.4 Å². The largest absolute Gasteiger partial charge is 0.469 e. The molecule has 1 aromatic rings. The molecule has 5 rings (SSSR count). The first kappa shape index (κ1) is 35.7. The summed E-state index contributed by atoms with van der Waals surface area (Å²) in [6.07, 6.45) is 12.2. The number of methoxy groups -OCH3 is 1. The van der Waals surface area contributed by atoms with Crippen molar-refractivity contribution in [3.8, 4) is 0 Å². The van der Waals surface area contributed by atoms with E-state index in [1.54, 1.807) is 7.11 Å². The number of esters is 1. The zero-order valence-corrected chi connectivity index (χ0v) is 30.0. The lowest BCUT2D eigenvalue weighted by Gasteiger charge is -2.66. The van der Waals surface area contributed by atoms with E-state index < -0.39 is 28.4 Å². The highest BCUT2D eigenvalue weighted by molar-refractivity contribution is 6.03. The van der Waals surface area contributed by atoms with Crippen LogP contribution in [-0.2, 0) is 25.7 Å². The van der Waals surface area contributed by atoms with Crippen LogP contribution in [0.3, 0.4) is 0 Å². The summed E-state index contributed by atoms with van der Waals surface area (Å²) in [5.74, 6) is -2.33. The summed E-state index contributed by atoms with van der Waals surface area (Å²) in [5.41, 5.74) is 1.03. The van der Waals surface area contributed by atoms with Gasteiger partial charge in [-0.15, -0.1) is 0 Å². The third-order valence-corrected chi connectivity index (χ3v) is 14.0. The Kier molecular flexibility index (Phi) is 9.66. The number of allylic oxidation sites excluding steroid dienone is 2. The summed E-state index contributed by atoms with van der Waals surface area (Å²) >= 11 is 0. The molecule has 4 unspecified atom stereocenters. The van der Waals surface area contributed by atoms with Crippen LogP contribution in [-0.4, -0.2) is 24.8 Å². The Hall–Kier alpha value is -2.57. The second kappa shape index (κ2) is 12.7. The lowest BCUT2D eigenvalue weighted by molar-refractivity contribution is -0.169. The predicted molar refractivity (Wildman–Crippen MR) is 180 cm³/mol. The number of ether oxygens (including phenoxy) is 1. The summed E-state index contributed by atoms with van der Waals surface area (Å²) in [4.78, 5) is 41.1. The Labute approximate surface area is 281 Å². The number of rotatable bonds is 9. The average Bonchev–Trinajstić information content (AvgIpc) is 3.03. The van der Waals surface area contributed by atoms with E-state index in [1.807, 2.05) is 20.8 Å². The van der Waals surface area contributed by atoms with Crippen molar-refractivity contribution < 1.29 is 27.9 Å². The van der Waals surface area contributed by atoms with Crippen molar-refractivity contribution in [2.75, 3.05) is 7.11 Å². The van der Waals surface area contributed by atoms with Crippen LogP contribution in [0.4, 0.5) is 8.78 Å². The van der Waals surface area contributed by atoms with Gasteiger partial charge < -0.3 is 10.1 Å². The standard InChI is InChI=1S/C40H57F2NO4/c1-9-10-28(34(45)43-24-25-11-14-31(41)32(42)21-25)33(44)37(4,5)26-15-16-38(6)27(22-26)12-13-29-30-23-36(2,3)17-19-40(30,35(46)47-8)20-18-39(29,38)7/h11,13-14,21,26-28,30H,9-10,12,15-20,22-24H2,1-8H3,(H,43,45)/t26?,27?,28?,30?,38-,39-,40+/m1/s1. The van der Waals surface area contributed by atoms with Crippen LogP contribution in [0.15, 0.2) is 29.8 Å². The van der Waals surface area contributed by atoms with Gasteiger partial charge in [-0.1, -0.05) is 72.6 Å². The van der Waals surface area contributed by atoms with Crippen molar-refractivity contribution >= 4 is 17.7 Å². The number of carbonyl (C=O) groups excluding carboxylic acids is 3. The number of amides is 1. The molecular weight excluding hydrogens is 596 g/mol. The van der Waals surface area contributed by atoms with Crippen molar-refractivity contribution in [3.63, 3.8) is 0 Å². The van der Waals surface area contributed by atoms with Gasteiger partial charge in [-0.05, 0) is 116 Å². The minimum absolute atomic E-state index is 0.0187.